The maximum Gasteiger partial charge on any atom is 0.257 e. The lowest BCUT2D eigenvalue weighted by Gasteiger charge is -2.02. The summed E-state index contributed by atoms with van der Waals surface area (Å²) < 4.78 is 6.17. The molecule has 0 saturated heterocycles. The number of aromatic nitrogens is 1. The molecule has 106 valence electrons. The number of carbonyl (C=O) groups excluding carboxylic acids is 1. The third-order valence-corrected chi connectivity index (χ3v) is 4.03. The number of hydrogen-bond donors (Lipinski definition) is 1. The summed E-state index contributed by atoms with van der Waals surface area (Å²) >= 11 is 1.43. The molecule has 0 spiro atoms. The molecule has 0 bridgehead atoms. The number of rotatable bonds is 3. The van der Waals surface area contributed by atoms with Crippen LogP contribution in [0.1, 0.15) is 15.9 Å². The van der Waals surface area contributed by atoms with Crippen LogP contribution in [0, 0.1) is 6.92 Å². The van der Waals surface area contributed by atoms with Crippen molar-refractivity contribution in [3.05, 3.63) is 53.6 Å². The molecule has 0 saturated carbocycles. The van der Waals surface area contributed by atoms with Crippen molar-refractivity contribution in [2.75, 3.05) is 12.4 Å². The molecule has 1 amide bonds. The summed E-state index contributed by atoms with van der Waals surface area (Å²) in [5, 5.41) is 3.43. The number of thiazole rings is 1. The Labute approximate surface area is 126 Å². The molecular formula is C16H14N2O2S. The minimum absolute atomic E-state index is 0.148. The van der Waals surface area contributed by atoms with E-state index in [1.807, 2.05) is 43.3 Å². The topological polar surface area (TPSA) is 51.2 Å². The molecule has 5 heteroatoms. The highest BCUT2D eigenvalue weighted by molar-refractivity contribution is 7.22. The van der Waals surface area contributed by atoms with E-state index in [2.05, 4.69) is 10.3 Å². The van der Waals surface area contributed by atoms with E-state index in [0.717, 1.165) is 21.5 Å². The molecule has 21 heavy (non-hydrogen) atoms. The van der Waals surface area contributed by atoms with Gasteiger partial charge >= 0.3 is 0 Å². The zero-order chi connectivity index (χ0) is 14.8. The zero-order valence-corrected chi connectivity index (χ0v) is 12.5. The van der Waals surface area contributed by atoms with Gasteiger partial charge in [-0.05, 0) is 37.3 Å². The molecule has 2 aromatic carbocycles. The summed E-state index contributed by atoms with van der Waals surface area (Å²) in [5.74, 6) is 0.632. The molecule has 3 aromatic rings. The average molecular weight is 298 g/mol. The number of ether oxygens (including phenoxy) is 1. The summed E-state index contributed by atoms with van der Waals surface area (Å²) in [6, 6.07) is 13.1. The number of nitrogens with zero attached hydrogens (tertiary/aromatic N) is 1. The Kier molecular flexibility index (Phi) is 3.58. The van der Waals surface area contributed by atoms with Crippen LogP contribution in [0.25, 0.3) is 10.2 Å². The second kappa shape index (κ2) is 5.54. The quantitative estimate of drug-likeness (QED) is 0.798. The number of amides is 1. The van der Waals surface area contributed by atoms with Gasteiger partial charge in [0.15, 0.2) is 5.13 Å². The Morgan fingerprint density at radius 1 is 1.24 bits per heavy atom. The third kappa shape index (κ3) is 2.87. The van der Waals surface area contributed by atoms with Crippen LogP contribution in [-0.4, -0.2) is 18.0 Å². The Morgan fingerprint density at radius 3 is 2.86 bits per heavy atom. The number of carbonyl (C=O) groups is 1. The summed E-state index contributed by atoms with van der Waals surface area (Å²) in [5.41, 5.74) is 2.53. The first-order chi connectivity index (χ1) is 10.2. The number of hydrogen-bond acceptors (Lipinski definition) is 4. The van der Waals surface area contributed by atoms with E-state index < -0.39 is 0 Å². The van der Waals surface area contributed by atoms with Gasteiger partial charge in [0, 0.05) is 5.56 Å². The SMILES string of the molecule is COc1ccc2nc(NC(=O)c3cccc(C)c3)sc2c1. The minimum atomic E-state index is -0.148. The monoisotopic (exact) mass is 298 g/mol. The lowest BCUT2D eigenvalue weighted by atomic mass is 10.1. The Morgan fingerprint density at radius 2 is 2.10 bits per heavy atom. The Hall–Kier alpha value is -2.40. The van der Waals surface area contributed by atoms with Crippen molar-refractivity contribution in [1.82, 2.24) is 4.98 Å². The molecule has 0 atom stereocenters. The van der Waals surface area contributed by atoms with Gasteiger partial charge in [-0.2, -0.15) is 0 Å². The van der Waals surface area contributed by atoms with Gasteiger partial charge < -0.3 is 4.74 Å². The van der Waals surface area contributed by atoms with Crippen LogP contribution < -0.4 is 10.1 Å². The molecule has 0 aliphatic carbocycles. The van der Waals surface area contributed by atoms with Gasteiger partial charge in [-0.25, -0.2) is 4.98 Å². The lowest BCUT2D eigenvalue weighted by Crippen LogP contribution is -2.11. The van der Waals surface area contributed by atoms with Crippen molar-refractivity contribution in [2.45, 2.75) is 6.92 Å². The first kappa shape index (κ1) is 13.6. The molecule has 0 radical (unpaired) electrons. The molecule has 0 fully saturated rings. The zero-order valence-electron chi connectivity index (χ0n) is 11.7. The number of fused-ring (bicyclic) bond motifs is 1. The molecule has 4 nitrogen and oxygen atoms in total. The first-order valence-corrected chi connectivity index (χ1v) is 7.30. The largest absolute Gasteiger partial charge is 0.497 e. The lowest BCUT2D eigenvalue weighted by molar-refractivity contribution is 0.102. The van der Waals surface area contributed by atoms with Gasteiger partial charge in [-0.15, -0.1) is 0 Å². The van der Waals surface area contributed by atoms with Crippen LogP contribution in [0.4, 0.5) is 5.13 Å². The molecular weight excluding hydrogens is 284 g/mol. The average Bonchev–Trinajstić information content (AvgIpc) is 2.88. The number of aryl methyl sites for hydroxylation is 1. The van der Waals surface area contributed by atoms with Crippen molar-refractivity contribution >= 4 is 32.6 Å². The fraction of sp³-hybridized carbons (Fsp3) is 0.125. The molecule has 1 N–H and O–H groups in total. The van der Waals surface area contributed by atoms with Gasteiger partial charge in [0.1, 0.15) is 5.75 Å². The van der Waals surface area contributed by atoms with Crippen molar-refractivity contribution < 1.29 is 9.53 Å². The molecule has 1 aromatic heterocycles. The predicted octanol–water partition coefficient (Wildman–Crippen LogP) is 3.87. The summed E-state index contributed by atoms with van der Waals surface area (Å²) in [4.78, 5) is 16.6. The summed E-state index contributed by atoms with van der Waals surface area (Å²) in [6.07, 6.45) is 0. The van der Waals surface area contributed by atoms with Crippen LogP contribution in [-0.2, 0) is 0 Å². The highest BCUT2D eigenvalue weighted by atomic mass is 32.1. The van der Waals surface area contributed by atoms with Crippen LogP contribution in [0.3, 0.4) is 0 Å². The van der Waals surface area contributed by atoms with Crippen LogP contribution in [0.2, 0.25) is 0 Å². The summed E-state index contributed by atoms with van der Waals surface area (Å²) in [7, 11) is 1.63. The maximum atomic E-state index is 12.2. The van der Waals surface area contributed by atoms with E-state index in [-0.39, 0.29) is 5.91 Å². The van der Waals surface area contributed by atoms with Gasteiger partial charge in [-0.1, -0.05) is 29.0 Å². The minimum Gasteiger partial charge on any atom is -0.497 e. The van der Waals surface area contributed by atoms with Crippen molar-refractivity contribution in [3.63, 3.8) is 0 Å². The predicted molar refractivity (Wildman–Crippen MR) is 85.3 cm³/mol. The van der Waals surface area contributed by atoms with Crippen molar-refractivity contribution in [1.29, 1.82) is 0 Å². The molecule has 0 aliphatic heterocycles. The van der Waals surface area contributed by atoms with E-state index in [1.54, 1.807) is 13.2 Å². The molecule has 3 rings (SSSR count). The second-order valence-corrected chi connectivity index (χ2v) is 5.71. The van der Waals surface area contributed by atoms with E-state index in [4.69, 9.17) is 4.74 Å². The van der Waals surface area contributed by atoms with Gasteiger partial charge in [0.05, 0.1) is 17.3 Å². The van der Waals surface area contributed by atoms with E-state index in [1.165, 1.54) is 11.3 Å². The Balaban J connectivity index is 1.86. The molecule has 0 aliphatic rings. The van der Waals surface area contributed by atoms with Crippen LogP contribution in [0.15, 0.2) is 42.5 Å². The van der Waals surface area contributed by atoms with Crippen LogP contribution >= 0.6 is 11.3 Å². The number of benzene rings is 2. The normalized spacial score (nSPS) is 10.6. The number of methoxy groups -OCH3 is 1. The van der Waals surface area contributed by atoms with E-state index in [9.17, 15) is 4.79 Å². The summed E-state index contributed by atoms with van der Waals surface area (Å²) in [6.45, 7) is 1.96. The van der Waals surface area contributed by atoms with Crippen LogP contribution in [0.5, 0.6) is 5.75 Å². The first-order valence-electron chi connectivity index (χ1n) is 6.48. The number of nitrogens with one attached hydrogen (secondary N) is 1. The van der Waals surface area contributed by atoms with Gasteiger partial charge in [0.2, 0.25) is 0 Å². The highest BCUT2D eigenvalue weighted by Gasteiger charge is 2.10. The third-order valence-electron chi connectivity index (χ3n) is 3.10. The van der Waals surface area contributed by atoms with Gasteiger partial charge in [-0.3, -0.25) is 10.1 Å². The molecule has 1 heterocycles. The molecule has 0 unspecified atom stereocenters. The highest BCUT2D eigenvalue weighted by Crippen LogP contribution is 2.29. The van der Waals surface area contributed by atoms with Gasteiger partial charge in [0.25, 0.3) is 5.91 Å². The fourth-order valence-electron chi connectivity index (χ4n) is 2.04. The standard InChI is InChI=1S/C16H14N2O2S/c1-10-4-3-5-11(8-10)15(19)18-16-17-13-7-6-12(20-2)9-14(13)21-16/h3-9H,1-2H3,(H,17,18,19). The van der Waals surface area contributed by atoms with Crippen molar-refractivity contribution in [3.8, 4) is 5.75 Å². The smallest absolute Gasteiger partial charge is 0.257 e. The Bertz CT molecular complexity index is 811. The van der Waals surface area contributed by atoms with E-state index in [0.29, 0.717) is 10.7 Å². The second-order valence-electron chi connectivity index (χ2n) is 4.68. The number of anilines is 1. The maximum absolute atomic E-state index is 12.2. The fourth-order valence-corrected chi connectivity index (χ4v) is 2.93. The van der Waals surface area contributed by atoms with Crippen molar-refractivity contribution in [2.24, 2.45) is 0 Å². The van der Waals surface area contributed by atoms with E-state index >= 15 is 0 Å².